The Hall–Kier alpha value is -1.32. The quantitative estimate of drug-likeness (QED) is 0.456. The monoisotopic (exact) mass is 143 g/mol. The SMILES string of the molecule is C=CCN(CC=O)C(=O)O. The summed E-state index contributed by atoms with van der Waals surface area (Å²) in [6.45, 7) is 3.44. The van der Waals surface area contributed by atoms with Gasteiger partial charge in [-0.05, 0) is 0 Å². The van der Waals surface area contributed by atoms with Crippen molar-refractivity contribution in [3.05, 3.63) is 12.7 Å². The third-order valence-corrected chi connectivity index (χ3v) is 0.915. The molecule has 0 bridgehead atoms. The van der Waals surface area contributed by atoms with E-state index in [0.29, 0.717) is 6.29 Å². The molecule has 0 saturated heterocycles. The van der Waals surface area contributed by atoms with Crippen molar-refractivity contribution >= 4 is 12.4 Å². The molecule has 0 aromatic heterocycles. The van der Waals surface area contributed by atoms with E-state index in [-0.39, 0.29) is 13.1 Å². The summed E-state index contributed by atoms with van der Waals surface area (Å²) in [5.41, 5.74) is 0. The molecule has 1 N–H and O–H groups in total. The maximum absolute atomic E-state index is 10.2. The lowest BCUT2D eigenvalue weighted by atomic mass is 10.5. The first-order valence-corrected chi connectivity index (χ1v) is 2.74. The average Bonchev–Trinajstić information content (AvgIpc) is 1.87. The van der Waals surface area contributed by atoms with Crippen molar-refractivity contribution in [3.8, 4) is 0 Å². The minimum Gasteiger partial charge on any atom is -0.465 e. The van der Waals surface area contributed by atoms with Gasteiger partial charge < -0.3 is 9.90 Å². The molecule has 4 nitrogen and oxygen atoms in total. The molecule has 0 aliphatic heterocycles. The van der Waals surface area contributed by atoms with Crippen molar-refractivity contribution in [3.63, 3.8) is 0 Å². The maximum Gasteiger partial charge on any atom is 0.407 e. The molecule has 4 heteroatoms. The van der Waals surface area contributed by atoms with Crippen LogP contribution in [0.2, 0.25) is 0 Å². The van der Waals surface area contributed by atoms with Gasteiger partial charge in [0.25, 0.3) is 0 Å². The Morgan fingerprint density at radius 2 is 2.20 bits per heavy atom. The molecule has 10 heavy (non-hydrogen) atoms. The van der Waals surface area contributed by atoms with Crippen LogP contribution in [-0.4, -0.2) is 35.5 Å². The molecule has 0 aromatic carbocycles. The number of aldehydes is 1. The summed E-state index contributed by atoms with van der Waals surface area (Å²) in [5.74, 6) is 0. The number of carboxylic acid groups (broad SMARTS) is 1. The second-order valence-corrected chi connectivity index (χ2v) is 1.64. The van der Waals surface area contributed by atoms with E-state index in [1.165, 1.54) is 6.08 Å². The fraction of sp³-hybridized carbons (Fsp3) is 0.333. The fourth-order valence-corrected chi connectivity index (χ4v) is 0.477. The van der Waals surface area contributed by atoms with Crippen molar-refractivity contribution in [2.24, 2.45) is 0 Å². The number of rotatable bonds is 4. The number of carbonyl (C=O) groups excluding carboxylic acids is 1. The summed E-state index contributed by atoms with van der Waals surface area (Å²) >= 11 is 0. The summed E-state index contributed by atoms with van der Waals surface area (Å²) in [4.78, 5) is 21.0. The van der Waals surface area contributed by atoms with Crippen LogP contribution in [0.3, 0.4) is 0 Å². The predicted molar refractivity (Wildman–Crippen MR) is 35.9 cm³/mol. The third kappa shape index (κ3) is 2.86. The lowest BCUT2D eigenvalue weighted by Crippen LogP contribution is -2.31. The van der Waals surface area contributed by atoms with E-state index >= 15 is 0 Å². The molecule has 0 aliphatic carbocycles. The standard InChI is InChI=1S/C6H9NO3/c1-2-3-7(4-5-8)6(9)10/h2,5H,1,3-4H2,(H,9,10). The number of amides is 1. The Bertz CT molecular complexity index is 134. The first-order chi connectivity index (χ1) is 4.72. The summed E-state index contributed by atoms with van der Waals surface area (Å²) < 4.78 is 0. The first kappa shape index (κ1) is 8.68. The molecule has 0 rings (SSSR count). The minimum atomic E-state index is -1.10. The number of hydrogen-bond donors (Lipinski definition) is 1. The van der Waals surface area contributed by atoms with Gasteiger partial charge >= 0.3 is 6.09 Å². The molecule has 0 atom stereocenters. The van der Waals surface area contributed by atoms with Gasteiger partial charge in [-0.25, -0.2) is 4.79 Å². The Balaban J connectivity index is 3.83. The zero-order valence-electron chi connectivity index (χ0n) is 5.49. The maximum atomic E-state index is 10.2. The molecular formula is C6H9NO3. The Morgan fingerprint density at radius 3 is 2.50 bits per heavy atom. The van der Waals surface area contributed by atoms with E-state index in [1.807, 2.05) is 0 Å². The lowest BCUT2D eigenvalue weighted by molar-refractivity contribution is -0.108. The van der Waals surface area contributed by atoms with E-state index in [4.69, 9.17) is 5.11 Å². The van der Waals surface area contributed by atoms with Crippen LogP contribution >= 0.6 is 0 Å². The van der Waals surface area contributed by atoms with Crippen molar-refractivity contribution in [1.82, 2.24) is 4.90 Å². The highest BCUT2D eigenvalue weighted by atomic mass is 16.4. The van der Waals surface area contributed by atoms with Gasteiger partial charge in [0.2, 0.25) is 0 Å². The van der Waals surface area contributed by atoms with Gasteiger partial charge in [0.15, 0.2) is 0 Å². The Morgan fingerprint density at radius 1 is 1.60 bits per heavy atom. The van der Waals surface area contributed by atoms with E-state index in [0.717, 1.165) is 4.90 Å². The van der Waals surface area contributed by atoms with Crippen LogP contribution in [0.1, 0.15) is 0 Å². The van der Waals surface area contributed by atoms with Crippen molar-refractivity contribution in [2.45, 2.75) is 0 Å². The molecule has 0 aliphatic rings. The van der Waals surface area contributed by atoms with Crippen LogP contribution in [0, 0.1) is 0 Å². The molecule has 0 radical (unpaired) electrons. The van der Waals surface area contributed by atoms with Gasteiger partial charge in [-0.2, -0.15) is 0 Å². The van der Waals surface area contributed by atoms with E-state index < -0.39 is 6.09 Å². The zero-order valence-corrected chi connectivity index (χ0v) is 5.49. The van der Waals surface area contributed by atoms with Gasteiger partial charge in [0, 0.05) is 6.54 Å². The Labute approximate surface area is 58.8 Å². The summed E-state index contributed by atoms with van der Waals surface area (Å²) in [6, 6.07) is 0. The summed E-state index contributed by atoms with van der Waals surface area (Å²) in [5, 5.41) is 8.35. The third-order valence-electron chi connectivity index (χ3n) is 0.915. The fourth-order valence-electron chi connectivity index (χ4n) is 0.477. The van der Waals surface area contributed by atoms with Crippen molar-refractivity contribution in [1.29, 1.82) is 0 Å². The van der Waals surface area contributed by atoms with Gasteiger partial charge in [-0.1, -0.05) is 6.08 Å². The second kappa shape index (κ2) is 4.55. The average molecular weight is 143 g/mol. The summed E-state index contributed by atoms with van der Waals surface area (Å²) in [6.07, 6.45) is 0.863. The molecule has 0 saturated carbocycles. The first-order valence-electron chi connectivity index (χ1n) is 2.74. The largest absolute Gasteiger partial charge is 0.465 e. The predicted octanol–water partition coefficient (Wildman–Crippen LogP) is 0.351. The van der Waals surface area contributed by atoms with Crippen molar-refractivity contribution in [2.75, 3.05) is 13.1 Å². The molecule has 56 valence electrons. The van der Waals surface area contributed by atoms with Crippen LogP contribution in [0.5, 0.6) is 0 Å². The van der Waals surface area contributed by atoms with Gasteiger partial charge in [-0.15, -0.1) is 6.58 Å². The highest BCUT2D eigenvalue weighted by Gasteiger charge is 2.06. The Kier molecular flexibility index (Phi) is 3.95. The number of hydrogen-bond acceptors (Lipinski definition) is 2. The lowest BCUT2D eigenvalue weighted by Gasteiger charge is -2.12. The number of carbonyl (C=O) groups is 2. The van der Waals surface area contributed by atoms with Gasteiger partial charge in [-0.3, -0.25) is 4.90 Å². The highest BCUT2D eigenvalue weighted by Crippen LogP contribution is 1.86. The van der Waals surface area contributed by atoms with Crippen molar-refractivity contribution < 1.29 is 14.7 Å². The minimum absolute atomic E-state index is 0.0959. The molecule has 0 unspecified atom stereocenters. The smallest absolute Gasteiger partial charge is 0.407 e. The molecular weight excluding hydrogens is 134 g/mol. The van der Waals surface area contributed by atoms with E-state index in [2.05, 4.69) is 6.58 Å². The van der Waals surface area contributed by atoms with E-state index in [9.17, 15) is 9.59 Å². The molecule has 0 aromatic rings. The normalized spacial score (nSPS) is 8.40. The second-order valence-electron chi connectivity index (χ2n) is 1.64. The van der Waals surface area contributed by atoms with Crippen LogP contribution in [0.25, 0.3) is 0 Å². The van der Waals surface area contributed by atoms with Gasteiger partial charge in [0.05, 0.1) is 6.54 Å². The van der Waals surface area contributed by atoms with Crippen LogP contribution in [-0.2, 0) is 4.79 Å². The molecule has 0 spiro atoms. The van der Waals surface area contributed by atoms with Crippen LogP contribution < -0.4 is 0 Å². The topological polar surface area (TPSA) is 57.6 Å². The van der Waals surface area contributed by atoms with E-state index in [1.54, 1.807) is 0 Å². The molecule has 1 amide bonds. The van der Waals surface area contributed by atoms with Crippen LogP contribution in [0.15, 0.2) is 12.7 Å². The van der Waals surface area contributed by atoms with Gasteiger partial charge in [0.1, 0.15) is 6.29 Å². The number of nitrogens with zero attached hydrogens (tertiary/aromatic N) is 1. The van der Waals surface area contributed by atoms with Crippen LogP contribution in [0.4, 0.5) is 4.79 Å². The highest BCUT2D eigenvalue weighted by molar-refractivity contribution is 5.69. The zero-order chi connectivity index (χ0) is 7.98. The molecule has 0 heterocycles. The molecule has 0 fully saturated rings. The summed E-state index contributed by atoms with van der Waals surface area (Å²) in [7, 11) is 0.